The van der Waals surface area contributed by atoms with E-state index in [-0.39, 0.29) is 63.7 Å². The summed E-state index contributed by atoms with van der Waals surface area (Å²) in [6, 6.07) is 9.39. The number of hydroxylamine groups is 2. The number of nitrogens with one attached hydrogen (secondary N) is 1. The summed E-state index contributed by atoms with van der Waals surface area (Å²) in [6.45, 7) is 3.03. The molecule has 3 heterocycles. The number of carboxylic acids is 1. The minimum atomic E-state index is -1.13. The second-order valence-electron chi connectivity index (χ2n) is 9.43. The number of rotatable bonds is 9. The molecule has 0 aliphatic carbocycles. The van der Waals surface area contributed by atoms with Crippen molar-refractivity contribution in [3.05, 3.63) is 66.1 Å². The van der Waals surface area contributed by atoms with Crippen molar-refractivity contribution in [3.8, 4) is 11.4 Å². The lowest BCUT2D eigenvalue weighted by Gasteiger charge is -2.35. The lowest BCUT2D eigenvalue weighted by atomic mass is 10.1. The Bertz CT molecular complexity index is 1340. The van der Waals surface area contributed by atoms with Gasteiger partial charge >= 0.3 is 12.1 Å². The van der Waals surface area contributed by atoms with Crippen LogP contribution in [0.2, 0.25) is 0 Å². The number of piperazine rings is 1. The molecule has 1 saturated heterocycles. The van der Waals surface area contributed by atoms with Crippen LogP contribution >= 0.6 is 0 Å². The maximum atomic E-state index is 13.5. The first-order valence-electron chi connectivity index (χ1n) is 13.3. The van der Waals surface area contributed by atoms with Crippen LogP contribution < -0.4 is 5.32 Å². The fourth-order valence-corrected chi connectivity index (χ4v) is 4.45. The van der Waals surface area contributed by atoms with E-state index in [1.807, 2.05) is 18.2 Å². The molecule has 4 rings (SSSR count). The number of aliphatic carboxylic acids is 1. The Morgan fingerprint density at radius 3 is 2.41 bits per heavy atom. The Labute approximate surface area is 236 Å². The first-order valence-corrected chi connectivity index (χ1v) is 13.3. The number of hydrogen-bond donors (Lipinski definition) is 3. The Hall–Kier alpha value is -4.78. The van der Waals surface area contributed by atoms with Gasteiger partial charge in [-0.15, -0.1) is 0 Å². The van der Waals surface area contributed by atoms with Crippen LogP contribution in [-0.4, -0.2) is 104 Å². The molecular formula is C28H32N6O7. The van der Waals surface area contributed by atoms with Gasteiger partial charge in [0.25, 0.3) is 5.91 Å². The van der Waals surface area contributed by atoms with E-state index in [9.17, 15) is 29.5 Å². The molecule has 2 aliphatic rings. The monoisotopic (exact) mass is 564 g/mol. The number of aromatic nitrogens is 2. The van der Waals surface area contributed by atoms with Crippen LogP contribution in [-0.2, 0) is 14.3 Å². The fraction of sp³-hybridized carbons (Fsp3) is 0.357. The summed E-state index contributed by atoms with van der Waals surface area (Å²) in [7, 11) is 0. The zero-order valence-electron chi connectivity index (χ0n) is 22.6. The van der Waals surface area contributed by atoms with Gasteiger partial charge in [-0.2, -0.15) is 0 Å². The zero-order chi connectivity index (χ0) is 29.4. The van der Waals surface area contributed by atoms with Gasteiger partial charge in [-0.3, -0.25) is 24.7 Å². The van der Waals surface area contributed by atoms with Crippen LogP contribution in [0, 0.1) is 0 Å². The lowest BCUT2D eigenvalue weighted by molar-refractivity contribution is -0.138. The van der Waals surface area contributed by atoms with Gasteiger partial charge in [0.05, 0.1) is 18.8 Å². The largest absolute Gasteiger partial charge is 0.481 e. The maximum absolute atomic E-state index is 13.5. The molecule has 0 spiro atoms. The van der Waals surface area contributed by atoms with Crippen LogP contribution in [0.5, 0.6) is 0 Å². The third-order valence-electron chi connectivity index (χ3n) is 6.58. The minimum Gasteiger partial charge on any atom is -0.481 e. The standard InChI is InChI=1S/C28H32N6O7/c1-2-41-28(39)33-15-13-32(14-16-33)27(38)21(10-11-24(35)36)31-26(37)23-17-22(20-9-6-12-34(40)18-20)29-25(30-23)19-7-4-3-5-8-19/h3-9,12,17,21,40H,2,10-11,13-16,18H2,1H3,(H,31,37)(H,35,36)/t21-/m0/s1. The highest BCUT2D eigenvalue weighted by Crippen LogP contribution is 2.22. The first kappa shape index (κ1) is 29.2. The minimum absolute atomic E-state index is 0.0194. The first-order chi connectivity index (χ1) is 19.7. The van der Waals surface area contributed by atoms with Gasteiger partial charge in [0.1, 0.15) is 11.7 Å². The van der Waals surface area contributed by atoms with Gasteiger partial charge in [-0.05, 0) is 31.1 Å². The van der Waals surface area contributed by atoms with Crippen molar-refractivity contribution in [1.29, 1.82) is 0 Å². The molecule has 0 bridgehead atoms. The van der Waals surface area contributed by atoms with E-state index in [0.29, 0.717) is 16.8 Å². The Kier molecular flexibility index (Phi) is 9.64. The summed E-state index contributed by atoms with van der Waals surface area (Å²) in [6.07, 6.45) is 3.97. The van der Waals surface area contributed by atoms with Crippen LogP contribution in [0.4, 0.5) is 4.79 Å². The van der Waals surface area contributed by atoms with Crippen molar-refractivity contribution in [3.63, 3.8) is 0 Å². The normalized spacial score (nSPS) is 15.7. The van der Waals surface area contributed by atoms with E-state index in [0.717, 1.165) is 5.06 Å². The van der Waals surface area contributed by atoms with E-state index in [1.54, 1.807) is 31.2 Å². The molecule has 13 heteroatoms. The molecule has 41 heavy (non-hydrogen) atoms. The number of hydrogen-bond acceptors (Lipinski definition) is 9. The quantitative estimate of drug-likeness (QED) is 0.410. The zero-order valence-corrected chi connectivity index (χ0v) is 22.6. The molecule has 13 nitrogen and oxygen atoms in total. The van der Waals surface area contributed by atoms with Crippen LogP contribution in [0.15, 0.2) is 54.8 Å². The molecule has 216 valence electrons. The molecular weight excluding hydrogens is 532 g/mol. The fourth-order valence-electron chi connectivity index (χ4n) is 4.45. The topological polar surface area (TPSA) is 166 Å². The third kappa shape index (κ3) is 7.66. The van der Waals surface area contributed by atoms with E-state index >= 15 is 0 Å². The maximum Gasteiger partial charge on any atom is 0.409 e. The number of nitrogens with zero attached hydrogens (tertiary/aromatic N) is 5. The lowest BCUT2D eigenvalue weighted by Crippen LogP contribution is -2.56. The smallest absolute Gasteiger partial charge is 0.409 e. The van der Waals surface area contributed by atoms with Gasteiger partial charge < -0.3 is 25.0 Å². The van der Waals surface area contributed by atoms with Crippen LogP contribution in [0.25, 0.3) is 17.0 Å². The molecule has 3 amide bonds. The number of carbonyl (C=O) groups excluding carboxylic acids is 3. The summed E-state index contributed by atoms with van der Waals surface area (Å²) in [5, 5.41) is 22.9. The number of carboxylic acid groups (broad SMARTS) is 1. The van der Waals surface area contributed by atoms with E-state index in [2.05, 4.69) is 15.3 Å². The number of benzene rings is 1. The highest BCUT2D eigenvalue weighted by Gasteiger charge is 2.31. The number of ether oxygens (including phenoxy) is 1. The molecule has 0 unspecified atom stereocenters. The molecule has 3 N–H and O–H groups in total. The van der Waals surface area contributed by atoms with Gasteiger partial charge in [-0.1, -0.05) is 36.4 Å². The highest BCUT2D eigenvalue weighted by atomic mass is 16.6. The summed E-state index contributed by atoms with van der Waals surface area (Å²) in [5.74, 6) is -1.95. The Morgan fingerprint density at radius 2 is 1.76 bits per heavy atom. The number of amides is 3. The Morgan fingerprint density at radius 1 is 1.05 bits per heavy atom. The van der Waals surface area contributed by atoms with E-state index in [1.165, 1.54) is 22.1 Å². The second kappa shape index (κ2) is 13.5. The molecule has 2 aromatic rings. The summed E-state index contributed by atoms with van der Waals surface area (Å²) in [5.41, 5.74) is 1.70. The number of allylic oxidation sites excluding steroid dienone is 2. The van der Waals surface area contributed by atoms with Crippen molar-refractivity contribution in [2.45, 2.75) is 25.8 Å². The molecule has 1 fully saturated rings. The molecule has 1 aromatic heterocycles. The van der Waals surface area contributed by atoms with E-state index in [4.69, 9.17) is 4.74 Å². The summed E-state index contributed by atoms with van der Waals surface area (Å²) in [4.78, 5) is 62.3. The van der Waals surface area contributed by atoms with Crippen molar-refractivity contribution in [2.24, 2.45) is 0 Å². The van der Waals surface area contributed by atoms with Crippen molar-refractivity contribution in [2.75, 3.05) is 39.3 Å². The highest BCUT2D eigenvalue weighted by molar-refractivity contribution is 5.97. The summed E-state index contributed by atoms with van der Waals surface area (Å²) < 4.78 is 5.02. The van der Waals surface area contributed by atoms with Crippen molar-refractivity contribution in [1.82, 2.24) is 30.1 Å². The van der Waals surface area contributed by atoms with Gasteiger partial charge in [0.15, 0.2) is 5.82 Å². The van der Waals surface area contributed by atoms with Gasteiger partial charge in [0, 0.05) is 44.4 Å². The predicted octanol–water partition coefficient (Wildman–Crippen LogP) is 2.01. The van der Waals surface area contributed by atoms with Crippen molar-refractivity contribution >= 4 is 29.5 Å². The van der Waals surface area contributed by atoms with Crippen LogP contribution in [0.3, 0.4) is 0 Å². The molecule has 2 aliphatic heterocycles. The van der Waals surface area contributed by atoms with Crippen molar-refractivity contribution < 1.29 is 34.2 Å². The SMILES string of the molecule is CCOC(=O)N1CCN(C(=O)[C@H](CCC(=O)O)NC(=O)c2cc(C3=CC=CN(O)C3)nc(-c3ccccc3)n2)CC1. The molecule has 0 saturated carbocycles. The molecule has 1 atom stereocenters. The average Bonchev–Trinajstić information content (AvgIpc) is 2.99. The van der Waals surface area contributed by atoms with Gasteiger partial charge in [0.2, 0.25) is 5.91 Å². The molecule has 1 aromatic carbocycles. The molecule has 0 radical (unpaired) electrons. The third-order valence-corrected chi connectivity index (χ3v) is 6.58. The second-order valence-corrected chi connectivity index (χ2v) is 9.43. The predicted molar refractivity (Wildman–Crippen MR) is 146 cm³/mol. The number of carbonyl (C=O) groups is 4. The summed E-state index contributed by atoms with van der Waals surface area (Å²) >= 11 is 0. The average molecular weight is 565 g/mol. The Balaban J connectivity index is 1.57. The van der Waals surface area contributed by atoms with Crippen LogP contribution in [0.1, 0.15) is 35.9 Å². The van der Waals surface area contributed by atoms with Gasteiger partial charge in [-0.25, -0.2) is 14.8 Å². The van der Waals surface area contributed by atoms with E-state index < -0.39 is 29.9 Å².